The first-order chi connectivity index (χ1) is 10.6. The van der Waals surface area contributed by atoms with E-state index in [1.165, 1.54) is 25.7 Å². The summed E-state index contributed by atoms with van der Waals surface area (Å²) >= 11 is 0. The Kier molecular flexibility index (Phi) is 20.4. The molecular weight excluding hydrogens is 304 g/mol. The van der Waals surface area contributed by atoms with E-state index < -0.39 is 18.2 Å². The minimum Gasteiger partial charge on any atom is -0.481 e. The summed E-state index contributed by atoms with van der Waals surface area (Å²) in [6.45, 7) is 2.20. The van der Waals surface area contributed by atoms with Crippen LogP contribution in [0.5, 0.6) is 0 Å². The van der Waals surface area contributed by atoms with E-state index >= 15 is 0 Å². The summed E-state index contributed by atoms with van der Waals surface area (Å²) in [5.74, 6) is -0.728. The molecule has 2 unspecified atom stereocenters. The van der Waals surface area contributed by atoms with E-state index in [9.17, 15) is 15.0 Å². The number of rotatable bonds is 16. The number of carboxylic acid groups (broad SMARTS) is 1. The summed E-state index contributed by atoms with van der Waals surface area (Å²) in [5.41, 5.74) is 0. The molecule has 4 nitrogen and oxygen atoms in total. The lowest BCUT2D eigenvalue weighted by atomic mass is 9.99. The molecule has 0 bridgehead atoms. The summed E-state index contributed by atoms with van der Waals surface area (Å²) in [6, 6.07) is 0. The van der Waals surface area contributed by atoms with Gasteiger partial charge >= 0.3 is 5.97 Å². The second kappa shape index (κ2) is 18.5. The second-order valence-electron chi connectivity index (χ2n) is 6.39. The van der Waals surface area contributed by atoms with Crippen molar-refractivity contribution in [3.63, 3.8) is 0 Å². The largest absolute Gasteiger partial charge is 0.481 e. The first kappa shape index (κ1) is 25.4. The smallest absolute Gasteiger partial charge is 0.303 e. The van der Waals surface area contributed by atoms with E-state index in [-0.39, 0.29) is 29.5 Å². The van der Waals surface area contributed by atoms with Gasteiger partial charge in [0.1, 0.15) is 0 Å². The lowest BCUT2D eigenvalue weighted by Gasteiger charge is -2.17. The molecule has 2 radical (unpaired) electrons. The monoisotopic (exact) mass is 340 g/mol. The van der Waals surface area contributed by atoms with Gasteiger partial charge in [-0.25, -0.2) is 0 Å². The van der Waals surface area contributed by atoms with Gasteiger partial charge in [0.2, 0.25) is 0 Å². The van der Waals surface area contributed by atoms with Gasteiger partial charge in [-0.05, 0) is 19.3 Å². The second-order valence-corrected chi connectivity index (χ2v) is 6.39. The van der Waals surface area contributed by atoms with Crippen molar-refractivity contribution < 1.29 is 20.1 Å². The minimum absolute atomic E-state index is 0. The first-order valence-electron chi connectivity index (χ1n) is 9.15. The standard InChI is InChI=1S/C18H36O4.Mg/c1-2-3-4-5-7-10-13-16(19)17(20)14-11-8-6-9-12-15-18(21)22;/h16-17,19-20H,2-15H2,1H3,(H,21,22);. The number of carboxylic acids is 1. The summed E-state index contributed by atoms with van der Waals surface area (Å²) in [4.78, 5) is 10.4. The van der Waals surface area contributed by atoms with Crippen molar-refractivity contribution in [2.24, 2.45) is 0 Å². The van der Waals surface area contributed by atoms with Crippen molar-refractivity contribution >= 4 is 29.0 Å². The zero-order chi connectivity index (χ0) is 16.6. The van der Waals surface area contributed by atoms with E-state index in [0.717, 1.165) is 44.9 Å². The molecule has 0 aromatic heterocycles. The minimum atomic E-state index is -0.728. The van der Waals surface area contributed by atoms with Gasteiger partial charge < -0.3 is 15.3 Å². The molecule has 0 saturated carbocycles. The highest BCUT2D eigenvalue weighted by atomic mass is 24.3. The lowest BCUT2D eigenvalue weighted by Crippen LogP contribution is -2.25. The maximum absolute atomic E-state index is 10.4. The summed E-state index contributed by atoms with van der Waals surface area (Å²) in [5, 5.41) is 28.3. The highest BCUT2D eigenvalue weighted by molar-refractivity contribution is 5.75. The number of hydrogen-bond acceptors (Lipinski definition) is 3. The van der Waals surface area contributed by atoms with E-state index in [2.05, 4.69) is 6.92 Å². The van der Waals surface area contributed by atoms with Crippen LogP contribution in [0.4, 0.5) is 0 Å². The Morgan fingerprint density at radius 1 is 0.739 bits per heavy atom. The van der Waals surface area contributed by atoms with Crippen molar-refractivity contribution in [2.75, 3.05) is 0 Å². The van der Waals surface area contributed by atoms with Crippen LogP contribution < -0.4 is 0 Å². The normalized spacial score (nSPS) is 13.3. The van der Waals surface area contributed by atoms with E-state index in [0.29, 0.717) is 12.8 Å². The van der Waals surface area contributed by atoms with Gasteiger partial charge in [-0.2, -0.15) is 0 Å². The summed E-state index contributed by atoms with van der Waals surface area (Å²) < 4.78 is 0. The third kappa shape index (κ3) is 18.3. The van der Waals surface area contributed by atoms with E-state index in [4.69, 9.17) is 5.11 Å². The van der Waals surface area contributed by atoms with Crippen molar-refractivity contribution in [3.05, 3.63) is 0 Å². The van der Waals surface area contributed by atoms with Crippen LogP contribution in [-0.2, 0) is 4.79 Å². The van der Waals surface area contributed by atoms with Crippen LogP contribution in [-0.4, -0.2) is 56.5 Å². The van der Waals surface area contributed by atoms with Gasteiger partial charge in [0.15, 0.2) is 0 Å². The molecule has 2 atom stereocenters. The van der Waals surface area contributed by atoms with Crippen molar-refractivity contribution in [1.29, 1.82) is 0 Å². The predicted molar refractivity (Wildman–Crippen MR) is 95.7 cm³/mol. The molecular formula is C18H36MgO4. The van der Waals surface area contributed by atoms with Gasteiger partial charge in [0.05, 0.1) is 12.2 Å². The number of hydrogen-bond donors (Lipinski definition) is 3. The number of aliphatic hydroxyl groups is 2. The molecule has 0 rings (SSSR count). The molecule has 0 spiro atoms. The fourth-order valence-corrected chi connectivity index (χ4v) is 2.68. The third-order valence-corrected chi connectivity index (χ3v) is 4.19. The number of aliphatic hydroxyl groups excluding tert-OH is 2. The van der Waals surface area contributed by atoms with Gasteiger partial charge in [-0.15, -0.1) is 0 Å². The highest BCUT2D eigenvalue weighted by Crippen LogP contribution is 2.15. The maximum atomic E-state index is 10.4. The van der Waals surface area contributed by atoms with Crippen LogP contribution in [0.15, 0.2) is 0 Å². The SMILES string of the molecule is CCCCCCCCC(O)C(O)CCCCCCCC(=O)O.[Mg]. The molecule has 0 aliphatic heterocycles. The molecule has 0 aliphatic carbocycles. The van der Waals surface area contributed by atoms with Crippen LogP contribution in [0.3, 0.4) is 0 Å². The van der Waals surface area contributed by atoms with Crippen LogP contribution in [0.25, 0.3) is 0 Å². The average molecular weight is 341 g/mol. The summed E-state index contributed by atoms with van der Waals surface area (Å²) in [7, 11) is 0. The van der Waals surface area contributed by atoms with Crippen molar-refractivity contribution in [3.8, 4) is 0 Å². The molecule has 23 heavy (non-hydrogen) atoms. The molecule has 0 fully saturated rings. The molecule has 134 valence electrons. The van der Waals surface area contributed by atoms with Gasteiger partial charge in [0.25, 0.3) is 0 Å². The molecule has 5 heteroatoms. The zero-order valence-corrected chi connectivity index (χ0v) is 16.4. The van der Waals surface area contributed by atoms with Crippen LogP contribution in [0.2, 0.25) is 0 Å². The highest BCUT2D eigenvalue weighted by Gasteiger charge is 2.15. The fraction of sp³-hybridized carbons (Fsp3) is 0.944. The Morgan fingerprint density at radius 3 is 1.57 bits per heavy atom. The van der Waals surface area contributed by atoms with Crippen LogP contribution >= 0.6 is 0 Å². The van der Waals surface area contributed by atoms with Crippen LogP contribution in [0.1, 0.15) is 96.8 Å². The Morgan fingerprint density at radius 2 is 1.13 bits per heavy atom. The fourth-order valence-electron chi connectivity index (χ4n) is 2.68. The molecule has 0 aromatic carbocycles. The maximum Gasteiger partial charge on any atom is 0.303 e. The topological polar surface area (TPSA) is 77.8 Å². The van der Waals surface area contributed by atoms with Gasteiger partial charge in [-0.1, -0.05) is 71.1 Å². The molecule has 0 saturated heterocycles. The van der Waals surface area contributed by atoms with E-state index in [1.807, 2.05) is 0 Å². The predicted octanol–water partition coefficient (Wildman–Crippen LogP) is 3.89. The van der Waals surface area contributed by atoms with Crippen LogP contribution in [0, 0.1) is 0 Å². The summed E-state index contributed by atoms with van der Waals surface area (Å²) in [6.07, 6.45) is 12.2. The lowest BCUT2D eigenvalue weighted by molar-refractivity contribution is -0.137. The van der Waals surface area contributed by atoms with Gasteiger partial charge in [-0.3, -0.25) is 4.79 Å². The zero-order valence-electron chi connectivity index (χ0n) is 15.0. The molecule has 3 N–H and O–H groups in total. The Balaban J connectivity index is 0. The van der Waals surface area contributed by atoms with E-state index in [1.54, 1.807) is 0 Å². The average Bonchev–Trinajstić information content (AvgIpc) is 2.49. The molecule has 0 heterocycles. The quantitative estimate of drug-likeness (QED) is 0.294. The number of carbonyl (C=O) groups is 1. The first-order valence-corrected chi connectivity index (χ1v) is 9.15. The number of aliphatic carboxylic acids is 1. The molecule has 0 amide bonds. The van der Waals surface area contributed by atoms with Crippen molar-refractivity contribution in [1.82, 2.24) is 0 Å². The number of unbranched alkanes of at least 4 members (excludes halogenated alkanes) is 9. The molecule has 0 aliphatic rings. The Hall–Kier alpha value is 0.156. The van der Waals surface area contributed by atoms with Gasteiger partial charge in [0, 0.05) is 29.5 Å². The Bertz CT molecular complexity index is 261. The molecule has 0 aromatic rings. The van der Waals surface area contributed by atoms with Crippen molar-refractivity contribution in [2.45, 2.75) is 109 Å². The third-order valence-electron chi connectivity index (χ3n) is 4.19. The Labute approximate surface area is 158 Å².